The molecule has 8 nitrogen and oxygen atoms in total. The van der Waals surface area contributed by atoms with E-state index in [9.17, 15) is 9.18 Å². The van der Waals surface area contributed by atoms with Crippen molar-refractivity contribution in [1.82, 2.24) is 30.0 Å². The summed E-state index contributed by atoms with van der Waals surface area (Å²) in [7, 11) is 0. The number of carbonyl (C=O) groups is 1. The predicted molar refractivity (Wildman–Crippen MR) is 135 cm³/mol. The number of carbonyl (C=O) groups excluding carboxylic acids is 1. The molecule has 0 saturated heterocycles. The third-order valence-corrected chi connectivity index (χ3v) is 6.24. The highest BCUT2D eigenvalue weighted by molar-refractivity contribution is 6.06. The van der Waals surface area contributed by atoms with Gasteiger partial charge >= 0.3 is 0 Å². The number of hydrogen-bond donors (Lipinski definition) is 1. The largest absolute Gasteiger partial charge is 0.439 e. The molecule has 184 valence electrons. The van der Waals surface area contributed by atoms with Crippen LogP contribution in [0.4, 0.5) is 4.39 Å². The lowest BCUT2D eigenvalue weighted by Crippen LogP contribution is -2.24. The topological polar surface area (TPSA) is 94.8 Å². The van der Waals surface area contributed by atoms with E-state index in [1.54, 1.807) is 35.3 Å². The number of benzene rings is 1. The van der Waals surface area contributed by atoms with Crippen molar-refractivity contribution in [1.29, 1.82) is 0 Å². The van der Waals surface area contributed by atoms with Crippen LogP contribution in [0.2, 0.25) is 0 Å². The van der Waals surface area contributed by atoms with Crippen molar-refractivity contribution in [2.75, 3.05) is 0 Å². The van der Waals surface area contributed by atoms with Crippen molar-refractivity contribution in [2.24, 2.45) is 0 Å². The fourth-order valence-corrected chi connectivity index (χ4v) is 4.28. The van der Waals surface area contributed by atoms with Gasteiger partial charge in [-0.2, -0.15) is 9.78 Å². The quantitative estimate of drug-likeness (QED) is 0.332. The van der Waals surface area contributed by atoms with Crippen molar-refractivity contribution in [3.05, 3.63) is 101 Å². The number of halogens is 1. The Balaban J connectivity index is 1.32. The number of amides is 1. The minimum Gasteiger partial charge on any atom is -0.439 e. The summed E-state index contributed by atoms with van der Waals surface area (Å²) >= 11 is 0. The molecule has 1 aromatic carbocycles. The summed E-state index contributed by atoms with van der Waals surface area (Å²) in [6.45, 7) is 2.04. The minimum atomic E-state index is -0.405. The molecule has 1 amide bonds. The zero-order chi connectivity index (χ0) is 25.4. The monoisotopic (exact) mass is 494 g/mol. The van der Waals surface area contributed by atoms with Crippen LogP contribution in [0, 0.1) is 12.7 Å². The van der Waals surface area contributed by atoms with Crippen LogP contribution in [0.25, 0.3) is 16.9 Å². The zero-order valence-electron chi connectivity index (χ0n) is 20.1. The van der Waals surface area contributed by atoms with Gasteiger partial charge in [0.25, 0.3) is 5.91 Å². The van der Waals surface area contributed by atoms with Crippen LogP contribution in [0.1, 0.15) is 46.1 Å². The van der Waals surface area contributed by atoms with Gasteiger partial charge in [0.2, 0.25) is 5.88 Å². The number of rotatable bonds is 7. The Morgan fingerprint density at radius 3 is 2.73 bits per heavy atom. The van der Waals surface area contributed by atoms with Gasteiger partial charge in [-0.25, -0.2) is 19.3 Å². The van der Waals surface area contributed by atoms with Gasteiger partial charge in [0.1, 0.15) is 11.6 Å². The average Bonchev–Trinajstić information content (AvgIpc) is 3.71. The van der Waals surface area contributed by atoms with E-state index in [-0.39, 0.29) is 12.5 Å². The molecule has 1 aliphatic carbocycles. The Morgan fingerprint density at radius 1 is 1.08 bits per heavy atom. The van der Waals surface area contributed by atoms with Crippen LogP contribution in [-0.4, -0.2) is 30.6 Å². The maximum atomic E-state index is 13.6. The first-order valence-electron chi connectivity index (χ1n) is 12.0. The molecule has 37 heavy (non-hydrogen) atoms. The summed E-state index contributed by atoms with van der Waals surface area (Å²) in [5, 5.41) is 8.35. The van der Waals surface area contributed by atoms with Crippen LogP contribution in [0.3, 0.4) is 0 Å². The summed E-state index contributed by atoms with van der Waals surface area (Å²) in [4.78, 5) is 27.1. The summed E-state index contributed by atoms with van der Waals surface area (Å²) in [5.74, 6) is 0.950. The summed E-state index contributed by atoms with van der Waals surface area (Å²) in [6.07, 6.45) is 5.39. The Kier molecular flexibility index (Phi) is 5.80. The molecule has 0 bridgehead atoms. The molecule has 4 aromatic heterocycles. The number of ether oxygens (including phenoxy) is 1. The minimum absolute atomic E-state index is 0.174. The van der Waals surface area contributed by atoms with Gasteiger partial charge in [-0.3, -0.25) is 4.79 Å². The number of hydrogen-bond acceptors (Lipinski definition) is 6. The maximum absolute atomic E-state index is 13.6. The fourth-order valence-electron chi connectivity index (χ4n) is 4.28. The highest BCUT2D eigenvalue weighted by Gasteiger charge is 2.29. The first-order chi connectivity index (χ1) is 18.1. The van der Waals surface area contributed by atoms with E-state index in [1.807, 2.05) is 37.3 Å². The molecule has 1 N–H and O–H groups in total. The summed E-state index contributed by atoms with van der Waals surface area (Å²) < 4.78 is 21.1. The first-order valence-corrected chi connectivity index (χ1v) is 12.0. The van der Waals surface area contributed by atoms with Gasteiger partial charge in [-0.1, -0.05) is 18.2 Å². The van der Waals surface area contributed by atoms with E-state index >= 15 is 0 Å². The smallest absolute Gasteiger partial charge is 0.252 e. The lowest BCUT2D eigenvalue weighted by molar-refractivity contribution is 0.0952. The molecule has 4 heterocycles. The van der Waals surface area contributed by atoms with Crippen LogP contribution in [-0.2, 0) is 6.54 Å². The second-order valence-corrected chi connectivity index (χ2v) is 8.96. The third kappa shape index (κ3) is 4.63. The third-order valence-electron chi connectivity index (χ3n) is 6.24. The van der Waals surface area contributed by atoms with E-state index in [1.165, 1.54) is 12.1 Å². The Bertz CT molecular complexity index is 1610. The number of pyridine rings is 3. The number of nitrogens with zero attached hydrogens (tertiary/aromatic N) is 5. The standard InChI is InChI=1S/C28H23FN6O2/c1-17-25-22(15-23(18-10-11-18)33-26(25)35(34-17)24-9-2-3-12-30-24)27(36)32-16-19-6-5-13-31-28(19)37-21-8-4-7-20(29)14-21/h2-9,12-15,18H,10-11,16H2,1H3,(H,32,36). The predicted octanol–water partition coefficient (Wildman–Crippen LogP) is 5.26. The normalized spacial score (nSPS) is 13.0. The number of nitrogens with one attached hydrogen (secondary N) is 1. The van der Waals surface area contributed by atoms with Crippen molar-refractivity contribution in [3.63, 3.8) is 0 Å². The Morgan fingerprint density at radius 2 is 1.95 bits per heavy atom. The molecule has 9 heteroatoms. The lowest BCUT2D eigenvalue weighted by atomic mass is 10.1. The average molecular weight is 495 g/mol. The van der Waals surface area contributed by atoms with E-state index in [0.29, 0.717) is 51.2 Å². The van der Waals surface area contributed by atoms with Crippen LogP contribution in [0.5, 0.6) is 11.6 Å². The van der Waals surface area contributed by atoms with E-state index < -0.39 is 5.82 Å². The van der Waals surface area contributed by atoms with Crippen molar-refractivity contribution < 1.29 is 13.9 Å². The summed E-state index contributed by atoms with van der Waals surface area (Å²) in [6, 6.07) is 16.9. The van der Waals surface area contributed by atoms with E-state index in [4.69, 9.17) is 9.72 Å². The maximum Gasteiger partial charge on any atom is 0.252 e. The van der Waals surface area contributed by atoms with E-state index in [2.05, 4.69) is 20.4 Å². The van der Waals surface area contributed by atoms with Gasteiger partial charge in [-0.05, 0) is 56.2 Å². The number of aryl methyl sites for hydroxylation is 1. The van der Waals surface area contributed by atoms with Crippen molar-refractivity contribution >= 4 is 16.9 Å². The zero-order valence-corrected chi connectivity index (χ0v) is 20.1. The number of fused-ring (bicyclic) bond motifs is 1. The highest BCUT2D eigenvalue weighted by atomic mass is 19.1. The van der Waals surface area contributed by atoms with Gasteiger partial charge in [0, 0.05) is 42.2 Å². The van der Waals surface area contributed by atoms with Gasteiger partial charge in [0.05, 0.1) is 16.6 Å². The molecule has 0 aliphatic heterocycles. The Hall–Kier alpha value is -4.66. The van der Waals surface area contributed by atoms with Crippen molar-refractivity contribution in [2.45, 2.75) is 32.2 Å². The van der Waals surface area contributed by atoms with Gasteiger partial charge in [0.15, 0.2) is 11.5 Å². The molecule has 0 radical (unpaired) electrons. The fraction of sp³-hybridized carbons (Fsp3) is 0.179. The lowest BCUT2D eigenvalue weighted by Gasteiger charge is -2.12. The SMILES string of the molecule is Cc1nn(-c2ccccn2)c2nc(C3CC3)cc(C(=O)NCc3cccnc3Oc3cccc(F)c3)c12. The van der Waals surface area contributed by atoms with Crippen LogP contribution in [0.15, 0.2) is 73.1 Å². The second kappa shape index (κ2) is 9.42. The molecule has 0 spiro atoms. The molecular weight excluding hydrogens is 471 g/mol. The summed E-state index contributed by atoms with van der Waals surface area (Å²) in [5.41, 5.74) is 3.36. The molecule has 0 unspecified atom stereocenters. The number of aromatic nitrogens is 5. The second-order valence-electron chi connectivity index (χ2n) is 8.96. The van der Waals surface area contributed by atoms with Crippen LogP contribution >= 0.6 is 0 Å². The van der Waals surface area contributed by atoms with Crippen molar-refractivity contribution in [3.8, 4) is 17.4 Å². The first kappa shape index (κ1) is 22.8. The molecule has 6 rings (SSSR count). The molecular formula is C28H23FN6O2. The molecule has 1 fully saturated rings. The molecule has 1 aliphatic rings. The van der Waals surface area contributed by atoms with E-state index in [0.717, 1.165) is 18.5 Å². The Labute approximate surface area is 212 Å². The molecule has 0 atom stereocenters. The molecule has 1 saturated carbocycles. The van der Waals surface area contributed by atoms with Gasteiger partial charge < -0.3 is 10.1 Å². The van der Waals surface area contributed by atoms with Crippen LogP contribution < -0.4 is 10.1 Å². The molecule has 5 aromatic rings. The highest BCUT2D eigenvalue weighted by Crippen LogP contribution is 2.40. The van der Waals surface area contributed by atoms with Gasteiger partial charge in [-0.15, -0.1) is 0 Å².